The van der Waals surface area contributed by atoms with Crippen molar-refractivity contribution < 1.29 is 19.2 Å². The van der Waals surface area contributed by atoms with Crippen LogP contribution >= 0.6 is 0 Å². The smallest absolute Gasteiger partial charge is 0.262 e. The number of carbonyl (C=O) groups excluding carboxylic acids is 4. The van der Waals surface area contributed by atoms with Gasteiger partial charge >= 0.3 is 0 Å². The van der Waals surface area contributed by atoms with Gasteiger partial charge in [-0.25, -0.2) is 0 Å². The summed E-state index contributed by atoms with van der Waals surface area (Å²) in [6.07, 6.45) is 0.230. The van der Waals surface area contributed by atoms with Crippen LogP contribution in [0.2, 0.25) is 0 Å². The number of carbonyl (C=O) groups is 4. The average Bonchev–Trinajstić information content (AvgIpc) is 3.38. The van der Waals surface area contributed by atoms with Crippen molar-refractivity contribution >= 4 is 29.4 Å². The number of benzene rings is 1. The van der Waals surface area contributed by atoms with Crippen molar-refractivity contribution in [2.24, 2.45) is 7.05 Å². The summed E-state index contributed by atoms with van der Waals surface area (Å²) in [6, 6.07) is 4.13. The molecule has 3 aliphatic rings. The zero-order valence-corrected chi connectivity index (χ0v) is 16.3. The first-order valence-electron chi connectivity index (χ1n) is 9.78. The summed E-state index contributed by atoms with van der Waals surface area (Å²) in [6.45, 7) is 1.79. The summed E-state index contributed by atoms with van der Waals surface area (Å²) in [7, 11) is 1.89. The Morgan fingerprint density at radius 3 is 2.80 bits per heavy atom. The lowest BCUT2D eigenvalue weighted by atomic mass is 10.0. The van der Waals surface area contributed by atoms with E-state index < -0.39 is 29.7 Å². The average molecular weight is 408 g/mol. The molecule has 30 heavy (non-hydrogen) atoms. The molecule has 3 aliphatic heterocycles. The van der Waals surface area contributed by atoms with E-state index in [1.54, 1.807) is 18.2 Å². The highest BCUT2D eigenvalue weighted by molar-refractivity contribution is 6.24. The van der Waals surface area contributed by atoms with Crippen LogP contribution in [-0.2, 0) is 36.3 Å². The van der Waals surface area contributed by atoms with E-state index in [1.165, 1.54) is 0 Å². The third kappa shape index (κ3) is 2.71. The molecule has 1 unspecified atom stereocenters. The molecule has 0 spiro atoms. The molecule has 4 amide bonds. The zero-order chi connectivity index (χ0) is 21.0. The number of piperidine rings is 1. The Hall–Kier alpha value is -3.53. The molecule has 0 radical (unpaired) electrons. The second-order valence-electron chi connectivity index (χ2n) is 7.64. The molecule has 5 rings (SSSR count). The number of anilines is 1. The molecule has 3 N–H and O–H groups in total. The fourth-order valence-corrected chi connectivity index (χ4v) is 4.37. The molecule has 1 aromatic heterocycles. The van der Waals surface area contributed by atoms with Gasteiger partial charge in [0.05, 0.1) is 16.8 Å². The molecule has 4 heterocycles. The molecular weight excluding hydrogens is 388 g/mol. The number of aromatic nitrogens is 2. The third-order valence-corrected chi connectivity index (χ3v) is 5.87. The lowest BCUT2D eigenvalue weighted by Gasteiger charge is -2.27. The minimum absolute atomic E-state index is 0.0943. The van der Waals surface area contributed by atoms with E-state index in [0.717, 1.165) is 35.1 Å². The maximum atomic E-state index is 13.1. The van der Waals surface area contributed by atoms with Gasteiger partial charge in [0.25, 0.3) is 11.8 Å². The Morgan fingerprint density at radius 1 is 1.17 bits per heavy atom. The van der Waals surface area contributed by atoms with E-state index >= 15 is 0 Å². The van der Waals surface area contributed by atoms with Gasteiger partial charge in [-0.05, 0) is 18.1 Å². The summed E-state index contributed by atoms with van der Waals surface area (Å²) in [4.78, 5) is 50.7. The van der Waals surface area contributed by atoms with Crippen molar-refractivity contribution in [1.29, 1.82) is 0 Å². The van der Waals surface area contributed by atoms with E-state index in [2.05, 4.69) is 21.0 Å². The van der Waals surface area contributed by atoms with Crippen LogP contribution in [0, 0.1) is 0 Å². The van der Waals surface area contributed by atoms with Gasteiger partial charge < -0.3 is 10.6 Å². The minimum atomic E-state index is -0.971. The number of imide groups is 2. The van der Waals surface area contributed by atoms with Gasteiger partial charge in [-0.2, -0.15) is 5.10 Å². The monoisotopic (exact) mass is 408 g/mol. The molecule has 1 aromatic carbocycles. The molecule has 10 nitrogen and oxygen atoms in total. The number of fused-ring (bicyclic) bond motifs is 2. The van der Waals surface area contributed by atoms with Crippen LogP contribution in [0.15, 0.2) is 18.2 Å². The zero-order valence-electron chi connectivity index (χ0n) is 16.3. The molecule has 1 fully saturated rings. The van der Waals surface area contributed by atoms with Gasteiger partial charge in [0.2, 0.25) is 11.8 Å². The number of hydrogen-bond acceptors (Lipinski definition) is 7. The van der Waals surface area contributed by atoms with E-state index in [0.29, 0.717) is 17.7 Å². The predicted octanol–water partition coefficient (Wildman–Crippen LogP) is 0.0366. The van der Waals surface area contributed by atoms with E-state index in [4.69, 9.17) is 0 Å². The van der Waals surface area contributed by atoms with Gasteiger partial charge in [-0.1, -0.05) is 12.1 Å². The lowest BCUT2D eigenvalue weighted by Crippen LogP contribution is -2.54. The normalized spacial score (nSPS) is 20.4. The van der Waals surface area contributed by atoms with Crippen molar-refractivity contribution in [3.8, 4) is 0 Å². The summed E-state index contributed by atoms with van der Waals surface area (Å²) >= 11 is 0. The molecule has 1 atom stereocenters. The number of rotatable bonds is 4. The number of aryl methyl sites for hydroxylation is 1. The van der Waals surface area contributed by atoms with Crippen LogP contribution in [0.5, 0.6) is 0 Å². The second kappa shape index (κ2) is 6.77. The fourth-order valence-electron chi connectivity index (χ4n) is 4.37. The van der Waals surface area contributed by atoms with Gasteiger partial charge in [0.15, 0.2) is 5.82 Å². The van der Waals surface area contributed by atoms with Crippen molar-refractivity contribution in [2.75, 3.05) is 5.32 Å². The van der Waals surface area contributed by atoms with Crippen LogP contribution in [0.4, 0.5) is 5.82 Å². The fraction of sp³-hybridized carbons (Fsp3) is 0.350. The Kier molecular flexibility index (Phi) is 4.17. The Morgan fingerprint density at radius 2 is 2.00 bits per heavy atom. The molecule has 2 aromatic rings. The Balaban J connectivity index is 1.42. The van der Waals surface area contributed by atoms with Crippen molar-refractivity contribution in [2.45, 2.75) is 38.5 Å². The summed E-state index contributed by atoms with van der Waals surface area (Å²) in [5.41, 5.74) is 3.44. The van der Waals surface area contributed by atoms with Crippen LogP contribution in [0.25, 0.3) is 0 Å². The highest BCUT2D eigenvalue weighted by Gasteiger charge is 2.45. The maximum Gasteiger partial charge on any atom is 0.262 e. The van der Waals surface area contributed by atoms with Crippen LogP contribution in [0.1, 0.15) is 50.4 Å². The molecule has 0 bridgehead atoms. The standard InChI is InChI=1S/C20H20N6O4/c1-25-14-9-21-8-12(14)17(24-25)22-7-10-3-2-4-11-16(10)20(30)26(19(11)29)13-5-6-15(27)23-18(13)28/h2-4,13,21H,5-9H2,1H3,(H,22,24)(H,23,27,28). The summed E-state index contributed by atoms with van der Waals surface area (Å²) in [5, 5.41) is 13.3. The van der Waals surface area contributed by atoms with Crippen molar-refractivity contribution in [3.05, 3.63) is 46.1 Å². The lowest BCUT2D eigenvalue weighted by molar-refractivity contribution is -0.136. The van der Waals surface area contributed by atoms with E-state index in [1.807, 2.05) is 11.7 Å². The molecule has 154 valence electrons. The van der Waals surface area contributed by atoms with Crippen LogP contribution < -0.4 is 16.0 Å². The first-order valence-corrected chi connectivity index (χ1v) is 9.78. The summed E-state index contributed by atoms with van der Waals surface area (Å²) in [5.74, 6) is -1.27. The van der Waals surface area contributed by atoms with Crippen LogP contribution in [0.3, 0.4) is 0 Å². The van der Waals surface area contributed by atoms with Gasteiger partial charge in [-0.3, -0.25) is 34.1 Å². The van der Waals surface area contributed by atoms with Gasteiger partial charge in [0, 0.05) is 38.7 Å². The minimum Gasteiger partial charge on any atom is -0.364 e. The second-order valence-corrected chi connectivity index (χ2v) is 7.64. The topological polar surface area (TPSA) is 125 Å². The first kappa shape index (κ1) is 18.5. The highest BCUT2D eigenvalue weighted by atomic mass is 16.2. The molecule has 0 saturated carbocycles. The molecule has 0 aliphatic carbocycles. The van der Waals surface area contributed by atoms with Crippen molar-refractivity contribution in [1.82, 2.24) is 25.3 Å². The van der Waals surface area contributed by atoms with Gasteiger partial charge in [0.1, 0.15) is 6.04 Å². The number of amides is 4. The maximum absolute atomic E-state index is 13.1. The Labute approximate surface area is 171 Å². The SMILES string of the molecule is Cn1nc(NCc2cccc3c2C(=O)N(C2CCC(=O)NC2=O)C3=O)c2c1CNC2. The quantitative estimate of drug-likeness (QED) is 0.610. The van der Waals surface area contributed by atoms with Crippen LogP contribution in [-0.4, -0.2) is 44.4 Å². The largest absolute Gasteiger partial charge is 0.364 e. The molecular formula is C20H20N6O4. The summed E-state index contributed by atoms with van der Waals surface area (Å²) < 4.78 is 1.83. The third-order valence-electron chi connectivity index (χ3n) is 5.87. The molecule has 1 saturated heterocycles. The van der Waals surface area contributed by atoms with Crippen molar-refractivity contribution in [3.63, 3.8) is 0 Å². The number of nitrogens with one attached hydrogen (secondary N) is 3. The van der Waals surface area contributed by atoms with E-state index in [9.17, 15) is 19.2 Å². The first-order chi connectivity index (χ1) is 14.5. The van der Waals surface area contributed by atoms with E-state index in [-0.39, 0.29) is 18.4 Å². The van der Waals surface area contributed by atoms with Gasteiger partial charge in [-0.15, -0.1) is 0 Å². The molecule has 10 heteroatoms. The Bertz CT molecular complexity index is 1120. The highest BCUT2D eigenvalue weighted by Crippen LogP contribution is 2.31. The number of nitrogens with zero attached hydrogens (tertiary/aromatic N) is 3. The number of hydrogen-bond donors (Lipinski definition) is 3. The predicted molar refractivity (Wildman–Crippen MR) is 104 cm³/mol.